The summed E-state index contributed by atoms with van der Waals surface area (Å²) in [6.45, 7) is 9.05. The summed E-state index contributed by atoms with van der Waals surface area (Å²) in [5.74, 6) is 1.06. The Hall–Kier alpha value is -1.10. The molecule has 0 radical (unpaired) electrons. The summed E-state index contributed by atoms with van der Waals surface area (Å²) in [7, 11) is 0. The Morgan fingerprint density at radius 2 is 1.89 bits per heavy atom. The lowest BCUT2D eigenvalue weighted by Gasteiger charge is -2.35. The van der Waals surface area contributed by atoms with Gasteiger partial charge in [-0.25, -0.2) is 0 Å². The van der Waals surface area contributed by atoms with Gasteiger partial charge in [0.25, 0.3) is 0 Å². The summed E-state index contributed by atoms with van der Waals surface area (Å²) >= 11 is 0. The van der Waals surface area contributed by atoms with Gasteiger partial charge in [-0.1, -0.05) is 13.8 Å². The van der Waals surface area contributed by atoms with Gasteiger partial charge in [-0.05, 0) is 25.2 Å². The first-order valence-electron chi connectivity index (χ1n) is 7.17. The number of hydrogen-bond acceptors (Lipinski definition) is 4. The average molecular weight is 270 g/mol. The molecule has 1 saturated heterocycles. The molecule has 1 N–H and O–H groups in total. The van der Waals surface area contributed by atoms with Gasteiger partial charge in [0, 0.05) is 19.6 Å². The minimum Gasteiger partial charge on any atom is -0.466 e. The van der Waals surface area contributed by atoms with Gasteiger partial charge < -0.3 is 15.0 Å². The quantitative estimate of drug-likeness (QED) is 0.578. The Kier molecular flexibility index (Phi) is 6.84. The number of likely N-dealkylation sites (tertiary alicyclic amines) is 1. The summed E-state index contributed by atoms with van der Waals surface area (Å²) < 4.78 is 4.82. The van der Waals surface area contributed by atoms with Crippen LogP contribution in [-0.4, -0.2) is 49.6 Å². The van der Waals surface area contributed by atoms with Gasteiger partial charge >= 0.3 is 5.97 Å². The van der Waals surface area contributed by atoms with E-state index in [1.54, 1.807) is 6.92 Å². The lowest BCUT2D eigenvalue weighted by molar-refractivity contribution is -0.143. The van der Waals surface area contributed by atoms with Crippen molar-refractivity contribution in [3.05, 3.63) is 0 Å². The Morgan fingerprint density at radius 3 is 2.47 bits per heavy atom. The van der Waals surface area contributed by atoms with Gasteiger partial charge in [-0.3, -0.25) is 9.59 Å². The molecule has 1 rings (SSSR count). The van der Waals surface area contributed by atoms with Crippen LogP contribution >= 0.6 is 0 Å². The van der Waals surface area contributed by atoms with Crippen molar-refractivity contribution in [2.45, 2.75) is 33.6 Å². The molecule has 0 bridgehead atoms. The number of esters is 1. The Bertz CT molecular complexity index is 297. The molecule has 1 aliphatic heterocycles. The van der Waals surface area contributed by atoms with Crippen molar-refractivity contribution in [3.63, 3.8) is 0 Å². The van der Waals surface area contributed by atoms with E-state index in [1.165, 1.54) is 6.42 Å². The van der Waals surface area contributed by atoms with E-state index < -0.39 is 0 Å². The maximum Gasteiger partial charge on any atom is 0.307 e. The minimum absolute atomic E-state index is 0.127. The highest BCUT2D eigenvalue weighted by Crippen LogP contribution is 2.20. The van der Waals surface area contributed by atoms with Crippen molar-refractivity contribution in [2.24, 2.45) is 11.8 Å². The third-order valence-corrected chi connectivity index (χ3v) is 3.31. The first-order valence-corrected chi connectivity index (χ1v) is 7.17. The van der Waals surface area contributed by atoms with E-state index >= 15 is 0 Å². The minimum atomic E-state index is -0.220. The normalized spacial score (nSPS) is 23.2. The summed E-state index contributed by atoms with van der Waals surface area (Å²) in [5.41, 5.74) is 0. The first kappa shape index (κ1) is 16.0. The molecular formula is C14H26N2O3. The van der Waals surface area contributed by atoms with Gasteiger partial charge in [0.2, 0.25) is 5.91 Å². The van der Waals surface area contributed by atoms with Crippen LogP contribution in [0.2, 0.25) is 0 Å². The maximum atomic E-state index is 12.0. The van der Waals surface area contributed by atoms with E-state index in [1.807, 2.05) is 4.90 Å². The second-order valence-electron chi connectivity index (χ2n) is 5.48. The summed E-state index contributed by atoms with van der Waals surface area (Å²) in [6, 6.07) is 0. The number of amides is 1. The van der Waals surface area contributed by atoms with Crippen LogP contribution < -0.4 is 5.32 Å². The fourth-order valence-electron chi connectivity index (χ4n) is 2.60. The Morgan fingerprint density at radius 1 is 1.26 bits per heavy atom. The zero-order valence-corrected chi connectivity index (χ0v) is 12.3. The van der Waals surface area contributed by atoms with Gasteiger partial charge in [-0.15, -0.1) is 0 Å². The number of piperidine rings is 1. The average Bonchev–Trinajstić information content (AvgIpc) is 2.33. The number of carbonyl (C=O) groups excluding carboxylic acids is 2. The predicted octanol–water partition coefficient (Wildman–Crippen LogP) is 1.03. The molecule has 1 amide bonds. The molecule has 0 aliphatic carbocycles. The summed E-state index contributed by atoms with van der Waals surface area (Å²) in [4.78, 5) is 25.1. The topological polar surface area (TPSA) is 58.6 Å². The van der Waals surface area contributed by atoms with E-state index in [0.29, 0.717) is 38.0 Å². The Labute approximate surface area is 115 Å². The number of ether oxygens (including phenoxy) is 1. The molecule has 0 aromatic carbocycles. The van der Waals surface area contributed by atoms with Crippen LogP contribution in [0.5, 0.6) is 0 Å². The maximum absolute atomic E-state index is 12.0. The van der Waals surface area contributed by atoms with E-state index in [-0.39, 0.29) is 11.9 Å². The third kappa shape index (κ3) is 6.05. The SMILES string of the molecule is CCOC(=O)CCNCC(=O)N1CC(C)CC(C)C1. The van der Waals surface area contributed by atoms with Crippen LogP contribution in [-0.2, 0) is 14.3 Å². The molecule has 5 nitrogen and oxygen atoms in total. The van der Waals surface area contributed by atoms with Crippen molar-refractivity contribution in [1.82, 2.24) is 10.2 Å². The van der Waals surface area contributed by atoms with E-state index in [9.17, 15) is 9.59 Å². The molecule has 1 heterocycles. The van der Waals surface area contributed by atoms with Crippen molar-refractivity contribution >= 4 is 11.9 Å². The molecule has 2 unspecified atom stereocenters. The molecule has 5 heteroatoms. The highest BCUT2D eigenvalue weighted by atomic mass is 16.5. The molecule has 19 heavy (non-hydrogen) atoms. The zero-order valence-electron chi connectivity index (χ0n) is 12.3. The molecule has 0 saturated carbocycles. The molecule has 2 atom stereocenters. The van der Waals surface area contributed by atoms with Crippen molar-refractivity contribution in [3.8, 4) is 0 Å². The fourth-order valence-corrected chi connectivity index (χ4v) is 2.60. The van der Waals surface area contributed by atoms with Crippen LogP contribution in [0, 0.1) is 11.8 Å². The lowest BCUT2D eigenvalue weighted by Crippen LogP contribution is -2.46. The largest absolute Gasteiger partial charge is 0.466 e. The molecular weight excluding hydrogens is 244 g/mol. The number of nitrogens with one attached hydrogen (secondary N) is 1. The molecule has 0 spiro atoms. The van der Waals surface area contributed by atoms with Gasteiger partial charge in [0.1, 0.15) is 0 Å². The summed E-state index contributed by atoms with van der Waals surface area (Å²) in [6.07, 6.45) is 1.51. The van der Waals surface area contributed by atoms with Crippen LogP contribution in [0.25, 0.3) is 0 Å². The molecule has 0 aromatic heterocycles. The molecule has 0 aromatic rings. The molecule has 110 valence electrons. The van der Waals surface area contributed by atoms with Crippen molar-refractivity contribution in [2.75, 3.05) is 32.8 Å². The first-order chi connectivity index (χ1) is 9.02. The molecule has 1 aliphatic rings. The zero-order chi connectivity index (χ0) is 14.3. The molecule has 1 fully saturated rings. The van der Waals surface area contributed by atoms with E-state index in [2.05, 4.69) is 19.2 Å². The number of carbonyl (C=O) groups is 2. The Balaban J connectivity index is 2.18. The lowest BCUT2D eigenvalue weighted by atomic mass is 9.92. The fraction of sp³-hybridized carbons (Fsp3) is 0.857. The third-order valence-electron chi connectivity index (χ3n) is 3.31. The summed E-state index contributed by atoms with van der Waals surface area (Å²) in [5, 5.41) is 3.01. The second kappa shape index (κ2) is 8.15. The second-order valence-corrected chi connectivity index (χ2v) is 5.48. The number of rotatable bonds is 6. The van der Waals surface area contributed by atoms with Crippen LogP contribution in [0.4, 0.5) is 0 Å². The van der Waals surface area contributed by atoms with E-state index in [0.717, 1.165) is 13.1 Å². The van der Waals surface area contributed by atoms with Crippen LogP contribution in [0.3, 0.4) is 0 Å². The number of nitrogens with zero attached hydrogens (tertiary/aromatic N) is 1. The van der Waals surface area contributed by atoms with Gasteiger partial charge in [0.15, 0.2) is 0 Å². The number of hydrogen-bond donors (Lipinski definition) is 1. The monoisotopic (exact) mass is 270 g/mol. The van der Waals surface area contributed by atoms with Crippen molar-refractivity contribution in [1.29, 1.82) is 0 Å². The highest BCUT2D eigenvalue weighted by molar-refractivity contribution is 5.78. The predicted molar refractivity (Wildman–Crippen MR) is 73.6 cm³/mol. The van der Waals surface area contributed by atoms with Gasteiger partial charge in [0.05, 0.1) is 19.6 Å². The smallest absolute Gasteiger partial charge is 0.307 e. The van der Waals surface area contributed by atoms with Crippen LogP contribution in [0.1, 0.15) is 33.6 Å². The van der Waals surface area contributed by atoms with E-state index in [4.69, 9.17) is 4.74 Å². The standard InChI is InChI=1S/C14H26N2O3/c1-4-19-14(18)5-6-15-8-13(17)16-9-11(2)7-12(3)10-16/h11-12,15H,4-10H2,1-3H3. The van der Waals surface area contributed by atoms with Crippen molar-refractivity contribution < 1.29 is 14.3 Å². The van der Waals surface area contributed by atoms with Gasteiger partial charge in [-0.2, -0.15) is 0 Å². The van der Waals surface area contributed by atoms with Crippen LogP contribution in [0.15, 0.2) is 0 Å². The highest BCUT2D eigenvalue weighted by Gasteiger charge is 2.24.